The summed E-state index contributed by atoms with van der Waals surface area (Å²) >= 11 is 0. The summed E-state index contributed by atoms with van der Waals surface area (Å²) in [7, 11) is 0. The van der Waals surface area contributed by atoms with Crippen molar-refractivity contribution in [2.45, 2.75) is 51.4 Å². The average molecular weight is 278 g/mol. The van der Waals surface area contributed by atoms with E-state index in [1.165, 1.54) is 32.1 Å². The van der Waals surface area contributed by atoms with Gasteiger partial charge in [0.2, 0.25) is 0 Å². The van der Waals surface area contributed by atoms with Crippen LogP contribution in [0.25, 0.3) is 0 Å². The van der Waals surface area contributed by atoms with Crippen LogP contribution in [0.4, 0.5) is 0 Å². The van der Waals surface area contributed by atoms with Gasteiger partial charge in [-0.1, -0.05) is 38.5 Å². The van der Waals surface area contributed by atoms with E-state index in [1.807, 2.05) is 12.1 Å². The highest BCUT2D eigenvalue weighted by Gasteiger charge is 1.95. The predicted octanol–water partition coefficient (Wildman–Crippen LogP) is 3.99. The molecular weight excluding hydrogens is 252 g/mol. The summed E-state index contributed by atoms with van der Waals surface area (Å²) in [6.07, 6.45) is 10.2. The van der Waals surface area contributed by atoms with Crippen LogP contribution < -0.4 is 4.74 Å². The second-order valence-electron chi connectivity index (χ2n) is 5.09. The van der Waals surface area contributed by atoms with Gasteiger partial charge in [-0.05, 0) is 37.1 Å². The van der Waals surface area contributed by atoms with Crippen molar-refractivity contribution >= 4 is 6.29 Å². The lowest BCUT2D eigenvalue weighted by molar-refractivity contribution is 0.112. The molecule has 20 heavy (non-hydrogen) atoms. The van der Waals surface area contributed by atoms with Gasteiger partial charge in [-0.15, -0.1) is 0 Å². The number of benzene rings is 1. The van der Waals surface area contributed by atoms with Crippen molar-refractivity contribution in [3.8, 4) is 5.75 Å². The SMILES string of the molecule is O=Cc1ccc(OCCCCCCCCCCO)cc1. The fourth-order valence-corrected chi connectivity index (χ4v) is 2.11. The molecule has 0 aliphatic rings. The molecule has 1 aromatic carbocycles. The maximum Gasteiger partial charge on any atom is 0.150 e. The first-order valence-corrected chi connectivity index (χ1v) is 7.65. The number of aldehydes is 1. The van der Waals surface area contributed by atoms with Gasteiger partial charge in [0.05, 0.1) is 6.61 Å². The predicted molar refractivity (Wildman–Crippen MR) is 81.3 cm³/mol. The van der Waals surface area contributed by atoms with E-state index in [4.69, 9.17) is 9.84 Å². The smallest absolute Gasteiger partial charge is 0.150 e. The maximum atomic E-state index is 10.5. The molecule has 0 aliphatic heterocycles. The minimum atomic E-state index is 0.325. The van der Waals surface area contributed by atoms with E-state index < -0.39 is 0 Å². The molecule has 0 fully saturated rings. The first-order chi connectivity index (χ1) is 9.86. The molecule has 1 rings (SSSR count). The normalized spacial score (nSPS) is 10.4. The number of hydrogen-bond donors (Lipinski definition) is 1. The Labute approximate surface area is 122 Å². The van der Waals surface area contributed by atoms with Crippen molar-refractivity contribution in [3.63, 3.8) is 0 Å². The maximum absolute atomic E-state index is 10.5. The van der Waals surface area contributed by atoms with Gasteiger partial charge in [-0.3, -0.25) is 4.79 Å². The third-order valence-electron chi connectivity index (χ3n) is 3.34. The molecule has 0 unspecified atom stereocenters. The van der Waals surface area contributed by atoms with Crippen molar-refractivity contribution in [2.24, 2.45) is 0 Å². The first-order valence-electron chi connectivity index (χ1n) is 7.65. The molecule has 1 aromatic rings. The van der Waals surface area contributed by atoms with Gasteiger partial charge in [-0.25, -0.2) is 0 Å². The van der Waals surface area contributed by atoms with Crippen LogP contribution in [-0.4, -0.2) is 24.6 Å². The number of ether oxygens (including phenoxy) is 1. The summed E-state index contributed by atoms with van der Waals surface area (Å²) in [4.78, 5) is 10.5. The quantitative estimate of drug-likeness (QED) is 0.464. The Kier molecular flexibility index (Phi) is 9.58. The van der Waals surface area contributed by atoms with Gasteiger partial charge in [0.25, 0.3) is 0 Å². The Hall–Kier alpha value is -1.35. The highest BCUT2D eigenvalue weighted by atomic mass is 16.5. The van der Waals surface area contributed by atoms with Crippen LogP contribution in [0.2, 0.25) is 0 Å². The van der Waals surface area contributed by atoms with E-state index in [0.29, 0.717) is 12.2 Å². The number of unbranched alkanes of at least 4 members (excludes halogenated alkanes) is 7. The lowest BCUT2D eigenvalue weighted by Gasteiger charge is -2.06. The summed E-state index contributed by atoms with van der Waals surface area (Å²) in [5, 5.41) is 8.66. The summed E-state index contributed by atoms with van der Waals surface area (Å²) in [6.45, 7) is 1.07. The van der Waals surface area contributed by atoms with Crippen molar-refractivity contribution in [2.75, 3.05) is 13.2 Å². The molecule has 0 radical (unpaired) electrons. The Morgan fingerprint density at radius 1 is 0.850 bits per heavy atom. The molecular formula is C17H26O3. The average Bonchev–Trinajstić information content (AvgIpc) is 2.50. The molecule has 0 bridgehead atoms. The Morgan fingerprint density at radius 3 is 1.95 bits per heavy atom. The van der Waals surface area contributed by atoms with Gasteiger partial charge >= 0.3 is 0 Å². The molecule has 0 saturated carbocycles. The zero-order valence-corrected chi connectivity index (χ0v) is 12.2. The number of aliphatic hydroxyl groups excluding tert-OH is 1. The third kappa shape index (κ3) is 7.95. The summed E-state index contributed by atoms with van der Waals surface area (Å²) < 4.78 is 5.62. The number of hydrogen-bond acceptors (Lipinski definition) is 3. The van der Waals surface area contributed by atoms with E-state index in [2.05, 4.69) is 0 Å². The van der Waals surface area contributed by atoms with E-state index in [1.54, 1.807) is 12.1 Å². The molecule has 0 amide bonds. The van der Waals surface area contributed by atoms with Crippen LogP contribution in [0.1, 0.15) is 61.7 Å². The van der Waals surface area contributed by atoms with E-state index >= 15 is 0 Å². The molecule has 112 valence electrons. The fraction of sp³-hybridized carbons (Fsp3) is 0.588. The molecule has 1 N–H and O–H groups in total. The van der Waals surface area contributed by atoms with Crippen LogP contribution in [0, 0.1) is 0 Å². The monoisotopic (exact) mass is 278 g/mol. The van der Waals surface area contributed by atoms with E-state index in [0.717, 1.165) is 37.9 Å². The van der Waals surface area contributed by atoms with E-state index in [-0.39, 0.29) is 0 Å². The Bertz CT molecular complexity index is 346. The zero-order valence-electron chi connectivity index (χ0n) is 12.2. The molecule has 0 atom stereocenters. The summed E-state index contributed by atoms with van der Waals surface area (Å²) in [5.74, 6) is 0.833. The van der Waals surface area contributed by atoms with Crippen molar-refractivity contribution in [3.05, 3.63) is 29.8 Å². The third-order valence-corrected chi connectivity index (χ3v) is 3.34. The number of aliphatic hydroxyl groups is 1. The molecule has 0 spiro atoms. The molecule has 0 aliphatic carbocycles. The van der Waals surface area contributed by atoms with Crippen LogP contribution >= 0.6 is 0 Å². The van der Waals surface area contributed by atoms with Crippen LogP contribution in [-0.2, 0) is 0 Å². The molecule has 0 saturated heterocycles. The Balaban J connectivity index is 1.92. The standard InChI is InChI=1S/C17H26O3/c18-13-7-5-3-1-2-4-6-8-14-20-17-11-9-16(15-19)10-12-17/h9-12,15,18H,1-8,13-14H2. The van der Waals surface area contributed by atoms with Gasteiger partial charge in [0, 0.05) is 12.2 Å². The lowest BCUT2D eigenvalue weighted by Crippen LogP contribution is -1.97. The van der Waals surface area contributed by atoms with Gasteiger partial charge in [0.1, 0.15) is 12.0 Å². The van der Waals surface area contributed by atoms with Gasteiger partial charge in [-0.2, -0.15) is 0 Å². The highest BCUT2D eigenvalue weighted by molar-refractivity contribution is 5.74. The first kappa shape index (κ1) is 16.7. The van der Waals surface area contributed by atoms with Gasteiger partial charge < -0.3 is 9.84 Å². The van der Waals surface area contributed by atoms with Gasteiger partial charge in [0.15, 0.2) is 0 Å². The fourth-order valence-electron chi connectivity index (χ4n) is 2.11. The summed E-state index contributed by atoms with van der Waals surface area (Å²) in [6, 6.07) is 7.22. The molecule has 0 aromatic heterocycles. The van der Waals surface area contributed by atoms with Crippen LogP contribution in [0.15, 0.2) is 24.3 Å². The lowest BCUT2D eigenvalue weighted by atomic mass is 10.1. The second kappa shape index (κ2) is 11.5. The van der Waals surface area contributed by atoms with E-state index in [9.17, 15) is 4.79 Å². The summed E-state index contributed by atoms with van der Waals surface area (Å²) in [5.41, 5.74) is 0.679. The van der Waals surface area contributed by atoms with Crippen molar-refractivity contribution < 1.29 is 14.6 Å². The minimum absolute atomic E-state index is 0.325. The number of carbonyl (C=O) groups is 1. The van der Waals surface area contributed by atoms with Crippen molar-refractivity contribution in [1.29, 1.82) is 0 Å². The topological polar surface area (TPSA) is 46.5 Å². The largest absolute Gasteiger partial charge is 0.494 e. The number of carbonyl (C=O) groups excluding carboxylic acids is 1. The zero-order chi connectivity index (χ0) is 14.5. The molecule has 3 nitrogen and oxygen atoms in total. The highest BCUT2D eigenvalue weighted by Crippen LogP contribution is 2.13. The minimum Gasteiger partial charge on any atom is -0.494 e. The molecule has 3 heteroatoms. The molecule has 0 heterocycles. The van der Waals surface area contributed by atoms with Crippen LogP contribution in [0.5, 0.6) is 5.75 Å². The number of rotatable bonds is 12. The van der Waals surface area contributed by atoms with Crippen LogP contribution in [0.3, 0.4) is 0 Å². The second-order valence-corrected chi connectivity index (χ2v) is 5.09. The Morgan fingerprint density at radius 2 is 1.40 bits per heavy atom. The van der Waals surface area contributed by atoms with Crippen molar-refractivity contribution in [1.82, 2.24) is 0 Å².